The highest BCUT2D eigenvalue weighted by atomic mass is 32.2. The summed E-state index contributed by atoms with van der Waals surface area (Å²) in [5.74, 6) is -0.816. The van der Waals surface area contributed by atoms with Crippen LogP contribution in [0.15, 0.2) is 45.7 Å². The molecule has 5 nitrogen and oxygen atoms in total. The number of esters is 1. The minimum Gasteiger partial charge on any atom is -0.504 e. The van der Waals surface area contributed by atoms with E-state index in [2.05, 4.69) is 4.40 Å². The molecule has 0 heterocycles. The number of aromatic hydroxyl groups is 2. The Balaban J connectivity index is 2.21. The second-order valence-corrected chi connectivity index (χ2v) is 5.32. The molecule has 0 bridgehead atoms. The van der Waals surface area contributed by atoms with Gasteiger partial charge in [0.2, 0.25) is 0 Å². The first-order chi connectivity index (χ1) is 10.5. The molecule has 0 amide bonds. The molecule has 0 aliphatic rings. The summed E-state index contributed by atoms with van der Waals surface area (Å²) in [4.78, 5) is 12.3. The Morgan fingerprint density at radius 2 is 1.91 bits per heavy atom. The van der Waals surface area contributed by atoms with Gasteiger partial charge in [-0.15, -0.1) is 0 Å². The molecule has 0 aliphatic heterocycles. The minimum atomic E-state index is -0.436. The van der Waals surface area contributed by atoms with Crippen LogP contribution >= 0.6 is 11.9 Å². The van der Waals surface area contributed by atoms with Crippen molar-refractivity contribution in [2.24, 2.45) is 4.40 Å². The summed E-state index contributed by atoms with van der Waals surface area (Å²) in [6.45, 7) is 1.69. The molecule has 2 rings (SSSR count). The lowest BCUT2D eigenvalue weighted by Crippen LogP contribution is -2.02. The van der Waals surface area contributed by atoms with Crippen molar-refractivity contribution in [3.63, 3.8) is 0 Å². The number of hydrogen-bond donors (Lipinski definition) is 2. The first-order valence-electron chi connectivity index (χ1n) is 6.44. The number of rotatable bonds is 4. The number of phenols is 2. The topological polar surface area (TPSA) is 79.1 Å². The highest BCUT2D eigenvalue weighted by molar-refractivity contribution is 7.98. The van der Waals surface area contributed by atoms with Crippen molar-refractivity contribution in [2.75, 3.05) is 7.11 Å². The summed E-state index contributed by atoms with van der Waals surface area (Å²) in [5, 5.41) is 19.5. The van der Waals surface area contributed by atoms with Crippen LogP contribution in [0.5, 0.6) is 11.5 Å². The fourth-order valence-electron chi connectivity index (χ4n) is 1.77. The lowest BCUT2D eigenvalue weighted by Gasteiger charge is -2.05. The normalized spacial score (nSPS) is 10.8. The zero-order chi connectivity index (χ0) is 16.1. The Hall–Kier alpha value is -2.47. The van der Waals surface area contributed by atoms with Gasteiger partial charge in [0.1, 0.15) is 0 Å². The van der Waals surface area contributed by atoms with Crippen molar-refractivity contribution in [3.8, 4) is 11.5 Å². The van der Waals surface area contributed by atoms with Crippen molar-refractivity contribution in [1.29, 1.82) is 0 Å². The van der Waals surface area contributed by atoms with Gasteiger partial charge in [0.15, 0.2) is 11.5 Å². The summed E-state index contributed by atoms with van der Waals surface area (Å²) >= 11 is 1.08. The van der Waals surface area contributed by atoms with Crippen LogP contribution in [-0.2, 0) is 4.74 Å². The summed E-state index contributed by atoms with van der Waals surface area (Å²) in [6, 6.07) is 10.3. The van der Waals surface area contributed by atoms with Gasteiger partial charge < -0.3 is 14.9 Å². The first-order valence-corrected chi connectivity index (χ1v) is 7.21. The Morgan fingerprint density at radius 1 is 1.18 bits per heavy atom. The maximum absolute atomic E-state index is 11.6. The molecule has 0 saturated heterocycles. The van der Waals surface area contributed by atoms with Crippen LogP contribution in [0.4, 0.5) is 0 Å². The van der Waals surface area contributed by atoms with Crippen LogP contribution in [0, 0.1) is 6.92 Å². The number of methoxy groups -OCH3 is 1. The van der Waals surface area contributed by atoms with E-state index in [1.807, 2.05) is 0 Å². The Bertz CT molecular complexity index is 728. The van der Waals surface area contributed by atoms with Gasteiger partial charge in [-0.1, -0.05) is 18.2 Å². The third kappa shape index (κ3) is 3.40. The molecule has 0 saturated carbocycles. The molecule has 0 atom stereocenters. The number of carbonyl (C=O) groups excluding carboxylic acids is 1. The van der Waals surface area contributed by atoms with E-state index in [1.54, 1.807) is 43.3 Å². The van der Waals surface area contributed by atoms with Crippen LogP contribution in [0.3, 0.4) is 0 Å². The third-order valence-electron chi connectivity index (χ3n) is 3.02. The quantitative estimate of drug-likeness (QED) is 0.391. The van der Waals surface area contributed by atoms with E-state index in [-0.39, 0.29) is 11.5 Å². The molecule has 0 unspecified atom stereocenters. The van der Waals surface area contributed by atoms with Crippen LogP contribution in [0.25, 0.3) is 0 Å². The standard InChI is InChI=1S/C16H15NO4S/c1-10-7-8-11(15(19)14(10)18)9-17-22-13-6-4-3-5-12(13)16(20)21-2/h3-9,18-19H,1-2H3/b17-9+. The number of aryl methyl sites for hydroxylation is 1. The van der Waals surface area contributed by atoms with E-state index >= 15 is 0 Å². The monoisotopic (exact) mass is 317 g/mol. The van der Waals surface area contributed by atoms with Crippen LogP contribution < -0.4 is 0 Å². The van der Waals surface area contributed by atoms with Gasteiger partial charge in [0.05, 0.1) is 12.7 Å². The van der Waals surface area contributed by atoms with Gasteiger partial charge in [0, 0.05) is 28.6 Å². The molecule has 6 heteroatoms. The number of ether oxygens (including phenoxy) is 1. The predicted molar refractivity (Wildman–Crippen MR) is 85.7 cm³/mol. The van der Waals surface area contributed by atoms with E-state index in [9.17, 15) is 15.0 Å². The number of benzene rings is 2. The molecule has 114 valence electrons. The number of hydrogen-bond acceptors (Lipinski definition) is 6. The highest BCUT2D eigenvalue weighted by Crippen LogP contribution is 2.31. The third-order valence-corrected chi connectivity index (χ3v) is 3.78. The maximum Gasteiger partial charge on any atom is 0.339 e. The Morgan fingerprint density at radius 3 is 2.64 bits per heavy atom. The summed E-state index contributed by atoms with van der Waals surface area (Å²) in [5.41, 5.74) is 1.40. The number of nitrogens with zero attached hydrogens (tertiary/aromatic N) is 1. The zero-order valence-corrected chi connectivity index (χ0v) is 12.9. The van der Waals surface area contributed by atoms with Gasteiger partial charge in [-0.05, 0) is 30.7 Å². The summed E-state index contributed by atoms with van der Waals surface area (Å²) < 4.78 is 8.85. The van der Waals surface area contributed by atoms with Crippen LogP contribution in [0.1, 0.15) is 21.5 Å². The molecule has 22 heavy (non-hydrogen) atoms. The van der Waals surface area contributed by atoms with Gasteiger partial charge in [-0.25, -0.2) is 9.19 Å². The summed E-state index contributed by atoms with van der Waals surface area (Å²) in [6.07, 6.45) is 1.42. The first kappa shape index (κ1) is 15.9. The average Bonchev–Trinajstić information content (AvgIpc) is 2.54. The molecule has 0 aliphatic carbocycles. The Labute approximate surface area is 132 Å². The highest BCUT2D eigenvalue weighted by Gasteiger charge is 2.11. The SMILES string of the molecule is COC(=O)c1ccccc1S/N=C/c1ccc(C)c(O)c1O. The predicted octanol–water partition coefficient (Wildman–Crippen LogP) is 3.32. The molecule has 0 aromatic heterocycles. The zero-order valence-electron chi connectivity index (χ0n) is 12.1. The molecule has 2 aromatic rings. The van der Waals surface area contributed by atoms with Gasteiger partial charge >= 0.3 is 5.97 Å². The summed E-state index contributed by atoms with van der Waals surface area (Å²) in [7, 11) is 1.32. The van der Waals surface area contributed by atoms with Gasteiger partial charge in [0.25, 0.3) is 0 Å². The van der Waals surface area contributed by atoms with Crippen molar-refractivity contribution in [2.45, 2.75) is 11.8 Å². The molecular weight excluding hydrogens is 302 g/mol. The van der Waals surface area contributed by atoms with Crippen molar-refractivity contribution in [1.82, 2.24) is 0 Å². The van der Waals surface area contributed by atoms with Gasteiger partial charge in [-0.2, -0.15) is 0 Å². The van der Waals surface area contributed by atoms with Crippen LogP contribution in [0.2, 0.25) is 0 Å². The lowest BCUT2D eigenvalue weighted by atomic mass is 10.1. The fraction of sp³-hybridized carbons (Fsp3) is 0.125. The van der Waals surface area contributed by atoms with Crippen molar-refractivity contribution >= 4 is 24.1 Å². The average molecular weight is 317 g/mol. The van der Waals surface area contributed by atoms with Gasteiger partial charge in [-0.3, -0.25) is 0 Å². The van der Waals surface area contributed by atoms with E-state index in [4.69, 9.17) is 4.74 Å². The molecular formula is C16H15NO4S. The lowest BCUT2D eigenvalue weighted by molar-refractivity contribution is 0.0597. The largest absolute Gasteiger partial charge is 0.504 e. The molecule has 2 N–H and O–H groups in total. The molecule has 0 spiro atoms. The van der Waals surface area contributed by atoms with Crippen molar-refractivity contribution < 1.29 is 19.7 Å². The molecule has 2 aromatic carbocycles. The van der Waals surface area contributed by atoms with Crippen LogP contribution in [-0.4, -0.2) is 29.5 Å². The van der Waals surface area contributed by atoms with E-state index in [1.165, 1.54) is 13.3 Å². The second kappa shape index (κ2) is 7.00. The molecule has 0 fully saturated rings. The minimum absolute atomic E-state index is 0.163. The van der Waals surface area contributed by atoms with E-state index < -0.39 is 5.97 Å². The van der Waals surface area contributed by atoms with Crippen molar-refractivity contribution in [3.05, 3.63) is 53.1 Å². The second-order valence-electron chi connectivity index (χ2n) is 4.48. The number of phenolic OH excluding ortho intramolecular Hbond substituents is 2. The maximum atomic E-state index is 11.6. The van der Waals surface area contributed by atoms with E-state index in [0.717, 1.165) is 11.9 Å². The number of carbonyl (C=O) groups is 1. The molecule has 0 radical (unpaired) electrons. The Kier molecular flexibility index (Phi) is 5.06. The fourth-order valence-corrected chi connectivity index (χ4v) is 2.43. The smallest absolute Gasteiger partial charge is 0.339 e. The van der Waals surface area contributed by atoms with E-state index in [0.29, 0.717) is 21.6 Å².